The van der Waals surface area contributed by atoms with Gasteiger partial charge in [-0.3, -0.25) is 14.9 Å². The molecule has 0 radical (unpaired) electrons. The van der Waals surface area contributed by atoms with Crippen molar-refractivity contribution in [2.24, 2.45) is 0 Å². The number of anilines is 1. The zero-order chi connectivity index (χ0) is 12.1. The Balaban J connectivity index is 3.08. The Hall–Kier alpha value is -1.91. The number of rotatable bonds is 4. The molecular formula is C11H14N2O3. The molecule has 1 aromatic rings. The van der Waals surface area contributed by atoms with Gasteiger partial charge in [0.15, 0.2) is 0 Å². The Kier molecular flexibility index (Phi) is 3.99. The van der Waals surface area contributed by atoms with Crippen LogP contribution in [-0.2, 0) is 11.2 Å². The van der Waals surface area contributed by atoms with Crippen molar-refractivity contribution < 1.29 is 9.72 Å². The fourth-order valence-corrected chi connectivity index (χ4v) is 1.48. The predicted molar refractivity (Wildman–Crippen MR) is 61.4 cm³/mol. The fourth-order valence-electron chi connectivity index (χ4n) is 1.48. The molecule has 0 saturated heterocycles. The summed E-state index contributed by atoms with van der Waals surface area (Å²) in [6.45, 7) is 3.40. The van der Waals surface area contributed by atoms with E-state index < -0.39 is 4.92 Å². The number of amides is 1. The molecule has 0 heterocycles. The third-order valence-corrected chi connectivity index (χ3v) is 2.13. The van der Waals surface area contributed by atoms with Gasteiger partial charge in [-0.25, -0.2) is 0 Å². The Morgan fingerprint density at radius 3 is 2.69 bits per heavy atom. The first-order chi connectivity index (χ1) is 7.54. The number of hydrogen-bond donors (Lipinski definition) is 1. The Morgan fingerprint density at radius 2 is 2.19 bits per heavy atom. The van der Waals surface area contributed by atoms with Crippen LogP contribution in [-0.4, -0.2) is 10.8 Å². The second-order valence-electron chi connectivity index (χ2n) is 3.53. The number of nitrogens with one attached hydrogen (secondary N) is 1. The molecule has 0 fully saturated rings. The van der Waals surface area contributed by atoms with Crippen molar-refractivity contribution in [3.8, 4) is 0 Å². The number of nitro benzene ring substituents is 1. The first-order valence-corrected chi connectivity index (χ1v) is 5.09. The Bertz CT molecular complexity index is 416. The van der Waals surface area contributed by atoms with Crippen LogP contribution in [0.15, 0.2) is 18.2 Å². The van der Waals surface area contributed by atoms with Gasteiger partial charge in [-0.1, -0.05) is 13.3 Å². The van der Waals surface area contributed by atoms with Crippen LogP contribution in [0.2, 0.25) is 0 Å². The van der Waals surface area contributed by atoms with Gasteiger partial charge >= 0.3 is 0 Å². The molecule has 1 aromatic carbocycles. The molecule has 0 atom stereocenters. The number of hydrogen-bond acceptors (Lipinski definition) is 3. The maximum absolute atomic E-state index is 10.9. The van der Waals surface area contributed by atoms with E-state index >= 15 is 0 Å². The first-order valence-electron chi connectivity index (χ1n) is 5.09. The van der Waals surface area contributed by atoms with Gasteiger partial charge in [0.2, 0.25) is 5.91 Å². The van der Waals surface area contributed by atoms with Crippen molar-refractivity contribution >= 4 is 17.3 Å². The van der Waals surface area contributed by atoms with Crippen LogP contribution in [0.5, 0.6) is 0 Å². The molecule has 5 nitrogen and oxygen atoms in total. The van der Waals surface area contributed by atoms with Crippen molar-refractivity contribution in [3.63, 3.8) is 0 Å². The molecule has 0 spiro atoms. The summed E-state index contributed by atoms with van der Waals surface area (Å²) in [5.74, 6) is -0.175. The van der Waals surface area contributed by atoms with E-state index in [2.05, 4.69) is 5.32 Å². The van der Waals surface area contributed by atoms with Crippen LogP contribution in [0.1, 0.15) is 25.8 Å². The molecule has 5 heteroatoms. The minimum atomic E-state index is -0.434. The van der Waals surface area contributed by atoms with E-state index in [0.717, 1.165) is 12.0 Å². The molecule has 1 amide bonds. The number of nitro groups is 1. The van der Waals surface area contributed by atoms with Crippen LogP contribution < -0.4 is 5.32 Å². The summed E-state index contributed by atoms with van der Waals surface area (Å²) in [6.07, 6.45) is 1.57. The minimum Gasteiger partial charge on any atom is -0.326 e. The van der Waals surface area contributed by atoms with E-state index in [-0.39, 0.29) is 11.6 Å². The van der Waals surface area contributed by atoms with Gasteiger partial charge in [-0.2, -0.15) is 0 Å². The lowest BCUT2D eigenvalue weighted by molar-refractivity contribution is -0.384. The van der Waals surface area contributed by atoms with Crippen molar-refractivity contribution in [1.82, 2.24) is 0 Å². The number of benzene rings is 1. The molecule has 1 N–H and O–H groups in total. The van der Waals surface area contributed by atoms with E-state index in [0.29, 0.717) is 12.1 Å². The van der Waals surface area contributed by atoms with Crippen molar-refractivity contribution in [1.29, 1.82) is 0 Å². The van der Waals surface area contributed by atoms with Crippen LogP contribution in [0.25, 0.3) is 0 Å². The van der Waals surface area contributed by atoms with E-state index in [4.69, 9.17) is 0 Å². The highest BCUT2D eigenvalue weighted by Gasteiger charge is 2.10. The number of nitrogens with zero attached hydrogens (tertiary/aromatic N) is 1. The fraction of sp³-hybridized carbons (Fsp3) is 0.364. The third kappa shape index (κ3) is 3.05. The van der Waals surface area contributed by atoms with Gasteiger partial charge in [0.25, 0.3) is 5.69 Å². The van der Waals surface area contributed by atoms with Crippen LogP contribution >= 0.6 is 0 Å². The van der Waals surface area contributed by atoms with Crippen LogP contribution in [0.4, 0.5) is 11.4 Å². The number of aryl methyl sites for hydroxylation is 1. The molecule has 0 saturated carbocycles. The zero-order valence-corrected chi connectivity index (χ0v) is 9.32. The lowest BCUT2D eigenvalue weighted by atomic mass is 10.1. The van der Waals surface area contributed by atoms with Gasteiger partial charge in [-0.15, -0.1) is 0 Å². The molecular weight excluding hydrogens is 208 g/mol. The first kappa shape index (κ1) is 12.2. The van der Waals surface area contributed by atoms with Gasteiger partial charge in [-0.05, 0) is 18.1 Å². The number of carbonyl (C=O) groups excluding carboxylic acids is 1. The summed E-state index contributed by atoms with van der Waals surface area (Å²) in [7, 11) is 0. The predicted octanol–water partition coefficient (Wildman–Crippen LogP) is 2.51. The lowest BCUT2D eigenvalue weighted by Gasteiger charge is -2.08. The van der Waals surface area contributed by atoms with Crippen LogP contribution in [0, 0.1) is 10.1 Å². The summed E-state index contributed by atoms with van der Waals surface area (Å²) < 4.78 is 0. The molecule has 0 aliphatic carbocycles. The number of non-ortho nitro benzene ring substituents is 1. The highest BCUT2D eigenvalue weighted by molar-refractivity contribution is 5.89. The molecule has 16 heavy (non-hydrogen) atoms. The van der Waals surface area contributed by atoms with Gasteiger partial charge in [0, 0.05) is 24.7 Å². The highest BCUT2D eigenvalue weighted by Crippen LogP contribution is 2.23. The van der Waals surface area contributed by atoms with Gasteiger partial charge < -0.3 is 5.32 Å². The Labute approximate surface area is 93.6 Å². The Morgan fingerprint density at radius 1 is 1.50 bits per heavy atom. The molecule has 1 rings (SSSR count). The van der Waals surface area contributed by atoms with Crippen molar-refractivity contribution in [2.75, 3.05) is 5.32 Å². The van der Waals surface area contributed by atoms with Gasteiger partial charge in [0.1, 0.15) is 0 Å². The third-order valence-electron chi connectivity index (χ3n) is 2.13. The zero-order valence-electron chi connectivity index (χ0n) is 9.32. The summed E-state index contributed by atoms with van der Waals surface area (Å²) in [5, 5.41) is 13.3. The topological polar surface area (TPSA) is 72.2 Å². The molecule has 86 valence electrons. The SMILES string of the molecule is CCCc1cc([N+](=O)[O-])ccc1NC(C)=O. The molecule has 0 unspecified atom stereocenters. The van der Waals surface area contributed by atoms with Gasteiger partial charge in [0.05, 0.1) is 4.92 Å². The van der Waals surface area contributed by atoms with E-state index in [9.17, 15) is 14.9 Å². The summed E-state index contributed by atoms with van der Waals surface area (Å²) in [5.41, 5.74) is 1.50. The van der Waals surface area contributed by atoms with Crippen LogP contribution in [0.3, 0.4) is 0 Å². The molecule has 0 bridgehead atoms. The molecule has 0 aliphatic rings. The average Bonchev–Trinajstić information content (AvgIpc) is 2.20. The average molecular weight is 222 g/mol. The monoisotopic (exact) mass is 222 g/mol. The number of carbonyl (C=O) groups is 1. The summed E-state index contributed by atoms with van der Waals surface area (Å²) >= 11 is 0. The standard InChI is InChI=1S/C11H14N2O3/c1-3-4-9-7-10(13(15)16)5-6-11(9)12-8(2)14/h5-7H,3-4H2,1-2H3,(H,12,14). The largest absolute Gasteiger partial charge is 0.326 e. The smallest absolute Gasteiger partial charge is 0.269 e. The summed E-state index contributed by atoms with van der Waals surface area (Å²) in [6, 6.07) is 4.48. The second kappa shape index (κ2) is 5.25. The van der Waals surface area contributed by atoms with E-state index in [1.807, 2.05) is 6.92 Å². The molecule has 0 aromatic heterocycles. The van der Waals surface area contributed by atoms with E-state index in [1.54, 1.807) is 6.07 Å². The minimum absolute atomic E-state index is 0.0533. The second-order valence-corrected chi connectivity index (χ2v) is 3.53. The maximum atomic E-state index is 10.9. The summed E-state index contributed by atoms with van der Waals surface area (Å²) in [4.78, 5) is 21.1. The highest BCUT2D eigenvalue weighted by atomic mass is 16.6. The normalized spacial score (nSPS) is 9.88. The van der Waals surface area contributed by atoms with Crippen molar-refractivity contribution in [2.45, 2.75) is 26.7 Å². The van der Waals surface area contributed by atoms with Crippen molar-refractivity contribution in [3.05, 3.63) is 33.9 Å². The van der Waals surface area contributed by atoms with E-state index in [1.165, 1.54) is 19.1 Å². The maximum Gasteiger partial charge on any atom is 0.269 e. The quantitative estimate of drug-likeness (QED) is 0.628. The lowest BCUT2D eigenvalue weighted by Crippen LogP contribution is -2.08. The molecule has 0 aliphatic heterocycles.